The van der Waals surface area contributed by atoms with Crippen LogP contribution in [0.25, 0.3) is 10.8 Å². The Morgan fingerprint density at radius 2 is 1.53 bits per heavy atom. The number of hydrogen-bond acceptors (Lipinski definition) is 1. The summed E-state index contributed by atoms with van der Waals surface area (Å²) in [5, 5.41) is 2.58. The Labute approximate surface area is 100 Å². The Morgan fingerprint density at radius 1 is 0.824 bits per heavy atom. The zero-order chi connectivity index (χ0) is 11.4. The number of nitrogens with two attached hydrogens (primary N) is 1. The van der Waals surface area contributed by atoms with E-state index in [1.165, 1.54) is 21.9 Å². The smallest absolute Gasteiger partial charge is 0.0394 e. The molecule has 0 fully saturated rings. The van der Waals surface area contributed by atoms with Gasteiger partial charge in [-0.15, -0.1) is 0 Å². The molecule has 2 aliphatic carbocycles. The Balaban J connectivity index is 2.16. The van der Waals surface area contributed by atoms with E-state index in [2.05, 4.69) is 48.6 Å². The third kappa shape index (κ3) is 1.04. The van der Waals surface area contributed by atoms with Gasteiger partial charge in [-0.25, -0.2) is 0 Å². The first-order valence-electron chi connectivity index (χ1n) is 6.02. The number of benzene rings is 2. The first-order chi connectivity index (χ1) is 8.36. The van der Waals surface area contributed by atoms with Gasteiger partial charge in [-0.2, -0.15) is 0 Å². The Hall–Kier alpha value is -2.02. The van der Waals surface area contributed by atoms with Gasteiger partial charge in [0, 0.05) is 22.9 Å². The van der Waals surface area contributed by atoms with Gasteiger partial charge in [-0.1, -0.05) is 48.6 Å². The average Bonchev–Trinajstić information content (AvgIpc) is 2.70. The molecule has 2 aromatic carbocycles. The van der Waals surface area contributed by atoms with Crippen LogP contribution < -0.4 is 5.73 Å². The lowest BCUT2D eigenvalue weighted by atomic mass is 9.86. The zero-order valence-electron chi connectivity index (χ0n) is 9.43. The van der Waals surface area contributed by atoms with Crippen LogP contribution in [-0.2, 0) is 0 Å². The third-order valence-corrected chi connectivity index (χ3v) is 3.99. The van der Waals surface area contributed by atoms with Gasteiger partial charge in [0.25, 0.3) is 0 Å². The fraction of sp³-hybridized carbons (Fsp3) is 0.125. The monoisotopic (exact) mass is 219 g/mol. The van der Waals surface area contributed by atoms with E-state index >= 15 is 0 Å². The summed E-state index contributed by atoms with van der Waals surface area (Å²) in [4.78, 5) is 0. The van der Waals surface area contributed by atoms with E-state index in [4.69, 9.17) is 5.73 Å². The molecule has 0 bridgehead atoms. The van der Waals surface area contributed by atoms with Gasteiger partial charge in [0.15, 0.2) is 0 Å². The van der Waals surface area contributed by atoms with Crippen molar-refractivity contribution in [3.05, 3.63) is 65.8 Å². The lowest BCUT2D eigenvalue weighted by molar-refractivity contribution is 0.769. The van der Waals surface area contributed by atoms with E-state index in [1.54, 1.807) is 0 Å². The first-order valence-corrected chi connectivity index (χ1v) is 6.02. The summed E-state index contributed by atoms with van der Waals surface area (Å²) in [6.45, 7) is 0. The summed E-state index contributed by atoms with van der Waals surface area (Å²) in [6.07, 6.45) is 8.90. The summed E-state index contributed by atoms with van der Waals surface area (Å²) in [5.74, 6) is 1.00. The van der Waals surface area contributed by atoms with Crippen molar-refractivity contribution in [2.45, 2.75) is 11.8 Å². The second-order valence-corrected chi connectivity index (χ2v) is 4.84. The molecular weight excluding hydrogens is 206 g/mol. The normalized spacial score (nSPS) is 24.2. The second kappa shape index (κ2) is 3.01. The van der Waals surface area contributed by atoms with E-state index in [9.17, 15) is 0 Å². The molecular formula is C16H13N. The van der Waals surface area contributed by atoms with E-state index in [-0.39, 0.29) is 0 Å². The van der Waals surface area contributed by atoms with Gasteiger partial charge < -0.3 is 5.73 Å². The summed E-state index contributed by atoms with van der Waals surface area (Å²) in [5.41, 5.74) is 9.81. The minimum absolute atomic E-state index is 0.500. The molecule has 0 heterocycles. The predicted molar refractivity (Wildman–Crippen MR) is 72.1 cm³/mol. The molecule has 1 nitrogen and oxygen atoms in total. The Kier molecular flexibility index (Phi) is 1.60. The molecule has 0 spiro atoms. The predicted octanol–water partition coefficient (Wildman–Crippen LogP) is 3.73. The molecule has 2 unspecified atom stereocenters. The highest BCUT2D eigenvalue weighted by Gasteiger charge is 2.32. The molecule has 0 saturated carbocycles. The van der Waals surface area contributed by atoms with Crippen LogP contribution in [0.3, 0.4) is 0 Å². The quantitative estimate of drug-likeness (QED) is 0.671. The van der Waals surface area contributed by atoms with Crippen molar-refractivity contribution in [1.82, 2.24) is 0 Å². The molecule has 4 rings (SSSR count). The highest BCUT2D eigenvalue weighted by atomic mass is 14.6. The molecule has 0 saturated heterocycles. The summed E-state index contributed by atoms with van der Waals surface area (Å²) >= 11 is 0. The number of fused-ring (bicyclic) bond motifs is 3. The van der Waals surface area contributed by atoms with E-state index in [0.717, 1.165) is 5.69 Å². The maximum absolute atomic E-state index is 6.08. The fourth-order valence-corrected chi connectivity index (χ4v) is 3.24. The van der Waals surface area contributed by atoms with Crippen LogP contribution in [0.2, 0.25) is 0 Å². The van der Waals surface area contributed by atoms with Crippen molar-refractivity contribution in [1.29, 1.82) is 0 Å². The summed E-state index contributed by atoms with van der Waals surface area (Å²) in [7, 11) is 0. The molecule has 1 heteroatoms. The van der Waals surface area contributed by atoms with E-state index in [0.29, 0.717) is 11.8 Å². The molecule has 2 aromatic rings. The van der Waals surface area contributed by atoms with Gasteiger partial charge in [-0.05, 0) is 22.6 Å². The fourth-order valence-electron chi connectivity index (χ4n) is 3.24. The van der Waals surface area contributed by atoms with Crippen LogP contribution in [0.15, 0.2) is 54.6 Å². The average molecular weight is 219 g/mol. The SMILES string of the molecule is Nc1ccc2c3c(cccc13)C1C=CC=CC21. The molecule has 2 aliphatic rings. The molecule has 82 valence electrons. The molecule has 17 heavy (non-hydrogen) atoms. The van der Waals surface area contributed by atoms with Gasteiger partial charge >= 0.3 is 0 Å². The summed E-state index contributed by atoms with van der Waals surface area (Å²) < 4.78 is 0. The van der Waals surface area contributed by atoms with Gasteiger partial charge in [0.05, 0.1) is 0 Å². The van der Waals surface area contributed by atoms with Crippen LogP contribution in [0, 0.1) is 0 Å². The number of allylic oxidation sites excluding steroid dienone is 4. The Bertz CT molecular complexity index is 655. The molecule has 0 radical (unpaired) electrons. The number of nitrogen functional groups attached to an aromatic ring is 1. The zero-order valence-corrected chi connectivity index (χ0v) is 9.43. The maximum Gasteiger partial charge on any atom is 0.0394 e. The first kappa shape index (κ1) is 9.06. The molecule has 0 amide bonds. The van der Waals surface area contributed by atoms with Gasteiger partial charge in [-0.3, -0.25) is 0 Å². The van der Waals surface area contributed by atoms with Crippen molar-refractivity contribution in [3.63, 3.8) is 0 Å². The number of rotatable bonds is 0. The van der Waals surface area contributed by atoms with Crippen LogP contribution in [0.5, 0.6) is 0 Å². The highest BCUT2D eigenvalue weighted by molar-refractivity contribution is 6.00. The van der Waals surface area contributed by atoms with Gasteiger partial charge in [0.2, 0.25) is 0 Å². The van der Waals surface area contributed by atoms with Crippen molar-refractivity contribution >= 4 is 16.5 Å². The lowest BCUT2D eigenvalue weighted by Gasteiger charge is -2.17. The standard InChI is InChI=1S/C16H13N/c17-15-9-8-13-11-5-2-1-4-10(11)12-6-3-7-14(15)16(12)13/h1-11H,17H2. The van der Waals surface area contributed by atoms with Crippen molar-refractivity contribution in [2.24, 2.45) is 0 Å². The van der Waals surface area contributed by atoms with E-state index in [1.807, 2.05) is 6.07 Å². The van der Waals surface area contributed by atoms with Gasteiger partial charge in [0.1, 0.15) is 0 Å². The Morgan fingerprint density at radius 3 is 2.29 bits per heavy atom. The molecule has 2 N–H and O–H groups in total. The lowest BCUT2D eigenvalue weighted by Crippen LogP contribution is -2.01. The second-order valence-electron chi connectivity index (χ2n) is 4.84. The summed E-state index contributed by atoms with van der Waals surface area (Å²) in [6, 6.07) is 10.7. The third-order valence-electron chi connectivity index (χ3n) is 3.99. The van der Waals surface area contributed by atoms with Crippen LogP contribution in [-0.4, -0.2) is 0 Å². The molecule has 2 atom stereocenters. The van der Waals surface area contributed by atoms with Crippen LogP contribution >= 0.6 is 0 Å². The maximum atomic E-state index is 6.08. The largest absolute Gasteiger partial charge is 0.398 e. The van der Waals surface area contributed by atoms with Crippen molar-refractivity contribution < 1.29 is 0 Å². The minimum atomic E-state index is 0.500. The molecule has 0 aliphatic heterocycles. The highest BCUT2D eigenvalue weighted by Crippen LogP contribution is 2.50. The van der Waals surface area contributed by atoms with Crippen LogP contribution in [0.1, 0.15) is 23.0 Å². The number of hydrogen-bond donors (Lipinski definition) is 1. The minimum Gasteiger partial charge on any atom is -0.398 e. The van der Waals surface area contributed by atoms with E-state index < -0.39 is 0 Å². The van der Waals surface area contributed by atoms with Crippen molar-refractivity contribution in [3.8, 4) is 0 Å². The molecule has 0 aromatic heterocycles. The van der Waals surface area contributed by atoms with Crippen molar-refractivity contribution in [2.75, 3.05) is 5.73 Å². The topological polar surface area (TPSA) is 26.0 Å². The number of anilines is 1. The van der Waals surface area contributed by atoms with Crippen LogP contribution in [0.4, 0.5) is 5.69 Å².